The summed E-state index contributed by atoms with van der Waals surface area (Å²) in [6.45, 7) is 4.07. The summed E-state index contributed by atoms with van der Waals surface area (Å²) in [6, 6.07) is 0. The molecule has 1 rings (SSSR count). The Hall–Kier alpha value is -0.310. The normalized spacial score (nSPS) is 32.5. The van der Waals surface area contributed by atoms with Crippen molar-refractivity contribution in [3.63, 3.8) is 0 Å². The van der Waals surface area contributed by atoms with Gasteiger partial charge in [-0.1, -0.05) is 26.3 Å². The summed E-state index contributed by atoms with van der Waals surface area (Å²) in [7, 11) is -2.89. The standard InChI is InChI=1S/C9H16O2S/c1-3-5-9-8(4-2)6-7-12(9,10)11/h6-9H,3-5H2,1-2H3. The van der Waals surface area contributed by atoms with Crippen LogP contribution in [0.25, 0.3) is 0 Å². The lowest BCUT2D eigenvalue weighted by Gasteiger charge is -2.15. The van der Waals surface area contributed by atoms with E-state index in [1.54, 1.807) is 0 Å². The van der Waals surface area contributed by atoms with Crippen LogP contribution < -0.4 is 0 Å². The van der Waals surface area contributed by atoms with E-state index in [1.165, 1.54) is 5.41 Å². The molecule has 0 radical (unpaired) electrons. The van der Waals surface area contributed by atoms with E-state index in [9.17, 15) is 8.42 Å². The lowest BCUT2D eigenvalue weighted by atomic mass is 9.99. The smallest absolute Gasteiger partial charge is 0.174 e. The number of allylic oxidation sites excluding steroid dienone is 1. The first kappa shape index (κ1) is 9.78. The first-order valence-corrected chi connectivity index (χ1v) is 6.14. The molecule has 0 bridgehead atoms. The van der Waals surface area contributed by atoms with Gasteiger partial charge in [-0.25, -0.2) is 8.42 Å². The maximum absolute atomic E-state index is 11.4. The Morgan fingerprint density at radius 2 is 2.00 bits per heavy atom. The van der Waals surface area contributed by atoms with Gasteiger partial charge in [0.1, 0.15) is 0 Å². The molecule has 2 atom stereocenters. The molecule has 0 spiro atoms. The average Bonchev–Trinajstić information content (AvgIpc) is 2.29. The maximum atomic E-state index is 11.4. The molecule has 0 fully saturated rings. The fourth-order valence-electron chi connectivity index (χ4n) is 1.74. The first-order chi connectivity index (χ1) is 5.61. The quantitative estimate of drug-likeness (QED) is 0.680. The minimum atomic E-state index is -2.89. The summed E-state index contributed by atoms with van der Waals surface area (Å²) in [5.74, 6) is 0.259. The summed E-state index contributed by atoms with van der Waals surface area (Å²) < 4.78 is 22.9. The van der Waals surface area contributed by atoms with Crippen molar-refractivity contribution in [2.75, 3.05) is 0 Å². The minimum absolute atomic E-state index is 0.132. The van der Waals surface area contributed by atoms with E-state index in [0.717, 1.165) is 19.3 Å². The maximum Gasteiger partial charge on any atom is 0.174 e. The van der Waals surface area contributed by atoms with Crippen LogP contribution >= 0.6 is 0 Å². The predicted octanol–water partition coefficient (Wildman–Crippen LogP) is 2.12. The van der Waals surface area contributed by atoms with Gasteiger partial charge in [-0.15, -0.1) is 0 Å². The molecule has 0 N–H and O–H groups in total. The zero-order chi connectivity index (χ0) is 9.19. The molecule has 0 aromatic rings. The van der Waals surface area contributed by atoms with E-state index in [4.69, 9.17) is 0 Å². The van der Waals surface area contributed by atoms with Crippen LogP contribution in [0.15, 0.2) is 11.5 Å². The van der Waals surface area contributed by atoms with E-state index < -0.39 is 9.84 Å². The van der Waals surface area contributed by atoms with Gasteiger partial charge in [-0.2, -0.15) is 0 Å². The molecule has 0 aliphatic carbocycles. The molecule has 3 heteroatoms. The largest absolute Gasteiger partial charge is 0.224 e. The van der Waals surface area contributed by atoms with Crippen LogP contribution in [0.1, 0.15) is 33.1 Å². The van der Waals surface area contributed by atoms with Crippen LogP contribution in [-0.4, -0.2) is 13.7 Å². The zero-order valence-electron chi connectivity index (χ0n) is 7.66. The lowest BCUT2D eigenvalue weighted by molar-refractivity contribution is 0.521. The fourth-order valence-corrected chi connectivity index (χ4v) is 3.70. The van der Waals surface area contributed by atoms with Gasteiger partial charge in [0.05, 0.1) is 5.25 Å². The van der Waals surface area contributed by atoms with Crippen LogP contribution in [-0.2, 0) is 9.84 Å². The van der Waals surface area contributed by atoms with Crippen LogP contribution in [0.3, 0.4) is 0 Å². The molecule has 0 saturated heterocycles. The van der Waals surface area contributed by atoms with E-state index >= 15 is 0 Å². The predicted molar refractivity (Wildman–Crippen MR) is 50.5 cm³/mol. The van der Waals surface area contributed by atoms with Gasteiger partial charge in [-0.3, -0.25) is 0 Å². The molecular weight excluding hydrogens is 172 g/mol. The monoisotopic (exact) mass is 188 g/mol. The molecule has 12 heavy (non-hydrogen) atoms. The van der Waals surface area contributed by atoms with Crippen LogP contribution in [0.4, 0.5) is 0 Å². The Labute approximate surface area is 74.6 Å². The van der Waals surface area contributed by atoms with Gasteiger partial charge >= 0.3 is 0 Å². The second-order valence-corrected chi connectivity index (χ2v) is 5.37. The topological polar surface area (TPSA) is 34.1 Å². The summed E-state index contributed by atoms with van der Waals surface area (Å²) in [5, 5.41) is 1.26. The molecule has 0 saturated carbocycles. The molecule has 0 amide bonds. The van der Waals surface area contributed by atoms with Gasteiger partial charge in [-0.05, 0) is 18.8 Å². The van der Waals surface area contributed by atoms with Crippen molar-refractivity contribution in [1.82, 2.24) is 0 Å². The Bertz CT molecular complexity index is 264. The first-order valence-electron chi connectivity index (χ1n) is 4.54. The highest BCUT2D eigenvalue weighted by molar-refractivity contribution is 7.95. The van der Waals surface area contributed by atoms with Crippen molar-refractivity contribution in [2.24, 2.45) is 5.92 Å². The molecule has 0 aromatic heterocycles. The third-order valence-corrected chi connectivity index (χ3v) is 4.43. The molecule has 2 unspecified atom stereocenters. The Morgan fingerprint density at radius 1 is 1.33 bits per heavy atom. The van der Waals surface area contributed by atoms with Crippen molar-refractivity contribution >= 4 is 9.84 Å². The highest BCUT2D eigenvalue weighted by Crippen LogP contribution is 2.29. The van der Waals surface area contributed by atoms with Gasteiger partial charge in [0.15, 0.2) is 9.84 Å². The highest BCUT2D eigenvalue weighted by atomic mass is 32.2. The number of sulfone groups is 1. The third kappa shape index (κ3) is 1.71. The van der Waals surface area contributed by atoms with Crippen LogP contribution in [0.5, 0.6) is 0 Å². The minimum Gasteiger partial charge on any atom is -0.224 e. The molecule has 1 aliphatic rings. The average molecular weight is 188 g/mol. The molecule has 0 aromatic carbocycles. The Balaban J connectivity index is 2.79. The second kappa shape index (κ2) is 3.60. The van der Waals surface area contributed by atoms with Gasteiger partial charge in [0, 0.05) is 5.41 Å². The molecule has 1 heterocycles. The third-order valence-electron chi connectivity index (χ3n) is 2.46. The fraction of sp³-hybridized carbons (Fsp3) is 0.778. The molecular formula is C9H16O2S. The van der Waals surface area contributed by atoms with E-state index in [0.29, 0.717) is 0 Å². The molecule has 2 nitrogen and oxygen atoms in total. The summed E-state index contributed by atoms with van der Waals surface area (Å²) in [6.07, 6.45) is 4.52. The van der Waals surface area contributed by atoms with E-state index in [2.05, 4.69) is 0 Å². The van der Waals surface area contributed by atoms with Gasteiger partial charge in [0.2, 0.25) is 0 Å². The zero-order valence-corrected chi connectivity index (χ0v) is 8.47. The van der Waals surface area contributed by atoms with Gasteiger partial charge in [0.25, 0.3) is 0 Å². The molecule has 70 valence electrons. The SMILES string of the molecule is CCCC1C(CC)C=CS1(=O)=O. The van der Waals surface area contributed by atoms with Crippen molar-refractivity contribution in [2.45, 2.75) is 38.4 Å². The lowest BCUT2D eigenvalue weighted by Crippen LogP contribution is -2.21. The number of hydrogen-bond acceptors (Lipinski definition) is 2. The van der Waals surface area contributed by atoms with Crippen molar-refractivity contribution in [3.8, 4) is 0 Å². The Morgan fingerprint density at radius 3 is 2.50 bits per heavy atom. The summed E-state index contributed by atoms with van der Waals surface area (Å²) in [4.78, 5) is 0. The molecule has 1 aliphatic heterocycles. The van der Waals surface area contributed by atoms with Crippen LogP contribution in [0.2, 0.25) is 0 Å². The van der Waals surface area contributed by atoms with Crippen LogP contribution in [0, 0.1) is 5.92 Å². The summed E-state index contributed by atoms with van der Waals surface area (Å²) >= 11 is 0. The van der Waals surface area contributed by atoms with Gasteiger partial charge < -0.3 is 0 Å². The van der Waals surface area contributed by atoms with Crippen molar-refractivity contribution < 1.29 is 8.42 Å². The number of hydrogen-bond donors (Lipinski definition) is 0. The van der Waals surface area contributed by atoms with E-state index in [1.807, 2.05) is 19.9 Å². The Kier molecular flexibility index (Phi) is 2.94. The second-order valence-electron chi connectivity index (χ2n) is 3.32. The van der Waals surface area contributed by atoms with Crippen molar-refractivity contribution in [3.05, 3.63) is 11.5 Å². The number of rotatable bonds is 3. The summed E-state index contributed by atoms with van der Waals surface area (Å²) in [5.41, 5.74) is 0. The van der Waals surface area contributed by atoms with Crippen molar-refractivity contribution in [1.29, 1.82) is 0 Å². The van der Waals surface area contributed by atoms with E-state index in [-0.39, 0.29) is 11.2 Å². The highest BCUT2D eigenvalue weighted by Gasteiger charge is 2.33.